The third kappa shape index (κ3) is 3.00. The highest BCUT2D eigenvalue weighted by atomic mass is 79.9. The van der Waals surface area contributed by atoms with E-state index in [1.54, 1.807) is 6.07 Å². The van der Waals surface area contributed by atoms with Gasteiger partial charge in [-0.05, 0) is 24.3 Å². The highest BCUT2D eigenvalue weighted by Gasteiger charge is 2.11. The van der Waals surface area contributed by atoms with Crippen molar-refractivity contribution in [2.75, 3.05) is 5.73 Å². The average molecular weight is 327 g/mol. The lowest BCUT2D eigenvalue weighted by Crippen LogP contribution is -2.02. The maximum Gasteiger partial charge on any atom is 0.337 e. The lowest BCUT2D eigenvalue weighted by Gasteiger charge is -2.08. The predicted octanol–water partition coefficient (Wildman–Crippen LogP) is 3.06. The summed E-state index contributed by atoms with van der Waals surface area (Å²) in [6, 6.07) is 5.43. The van der Waals surface area contributed by atoms with E-state index >= 15 is 0 Å². The zero-order valence-corrected chi connectivity index (χ0v) is 11.0. The van der Waals surface area contributed by atoms with E-state index in [0.29, 0.717) is 4.47 Å². The first kappa shape index (κ1) is 13.3. The maximum atomic E-state index is 13.6. The third-order valence-electron chi connectivity index (χ3n) is 2.23. The van der Waals surface area contributed by atoms with Crippen LogP contribution in [-0.4, -0.2) is 16.1 Å². The van der Waals surface area contributed by atoms with E-state index in [1.165, 1.54) is 18.2 Å². The molecule has 19 heavy (non-hydrogen) atoms. The van der Waals surface area contributed by atoms with Crippen molar-refractivity contribution in [2.45, 2.75) is 0 Å². The van der Waals surface area contributed by atoms with Gasteiger partial charge in [0.15, 0.2) is 11.6 Å². The molecule has 0 aliphatic rings. The lowest BCUT2D eigenvalue weighted by atomic mass is 10.2. The Bertz CT molecular complexity index is 649. The molecule has 0 saturated carbocycles. The Hall–Kier alpha value is -2.15. The third-order valence-corrected chi connectivity index (χ3v) is 2.72. The van der Waals surface area contributed by atoms with Crippen LogP contribution in [-0.2, 0) is 0 Å². The van der Waals surface area contributed by atoms with E-state index in [1.807, 2.05) is 0 Å². The summed E-state index contributed by atoms with van der Waals surface area (Å²) in [7, 11) is 0. The zero-order valence-electron chi connectivity index (χ0n) is 9.43. The number of benzene rings is 1. The number of carboxylic acids is 1. The summed E-state index contributed by atoms with van der Waals surface area (Å²) in [5.41, 5.74) is 5.55. The molecule has 0 amide bonds. The second-order valence-corrected chi connectivity index (χ2v) is 4.52. The number of hydrogen-bond acceptors (Lipinski definition) is 4. The number of hydrogen-bond donors (Lipinski definition) is 2. The Morgan fingerprint density at radius 1 is 1.42 bits per heavy atom. The molecular weight excluding hydrogens is 319 g/mol. The van der Waals surface area contributed by atoms with Crippen LogP contribution in [0.2, 0.25) is 0 Å². The first-order valence-corrected chi connectivity index (χ1v) is 5.88. The second kappa shape index (κ2) is 5.23. The van der Waals surface area contributed by atoms with Gasteiger partial charge >= 0.3 is 5.97 Å². The quantitative estimate of drug-likeness (QED) is 0.905. The number of nitrogens with zero attached hydrogens (tertiary/aromatic N) is 1. The second-order valence-electron chi connectivity index (χ2n) is 3.60. The highest BCUT2D eigenvalue weighted by molar-refractivity contribution is 9.10. The van der Waals surface area contributed by atoms with Crippen LogP contribution in [0.15, 0.2) is 34.9 Å². The van der Waals surface area contributed by atoms with Gasteiger partial charge in [0.2, 0.25) is 5.88 Å². The predicted molar refractivity (Wildman–Crippen MR) is 69.8 cm³/mol. The molecule has 0 saturated heterocycles. The van der Waals surface area contributed by atoms with Gasteiger partial charge in [0.1, 0.15) is 0 Å². The first-order valence-electron chi connectivity index (χ1n) is 5.09. The van der Waals surface area contributed by atoms with E-state index in [4.69, 9.17) is 15.6 Å². The number of ether oxygens (including phenoxy) is 1. The number of carboxylic acid groups (broad SMARTS) is 1. The smallest absolute Gasteiger partial charge is 0.337 e. The Balaban J connectivity index is 2.31. The minimum Gasteiger partial charge on any atom is -0.478 e. The molecule has 0 spiro atoms. The molecule has 0 aliphatic heterocycles. The largest absolute Gasteiger partial charge is 0.478 e. The van der Waals surface area contributed by atoms with Crippen molar-refractivity contribution in [2.24, 2.45) is 0 Å². The van der Waals surface area contributed by atoms with Crippen molar-refractivity contribution in [3.8, 4) is 11.6 Å². The molecule has 5 nitrogen and oxygen atoms in total. The molecule has 98 valence electrons. The number of rotatable bonds is 3. The summed E-state index contributed by atoms with van der Waals surface area (Å²) in [5.74, 6) is -1.84. The average Bonchev–Trinajstić information content (AvgIpc) is 2.34. The maximum absolute atomic E-state index is 13.6. The van der Waals surface area contributed by atoms with Gasteiger partial charge in [-0.15, -0.1) is 0 Å². The molecule has 3 N–H and O–H groups in total. The number of pyridine rings is 1. The molecule has 0 atom stereocenters. The van der Waals surface area contributed by atoms with E-state index in [9.17, 15) is 9.18 Å². The number of anilines is 1. The van der Waals surface area contributed by atoms with Gasteiger partial charge in [-0.25, -0.2) is 14.2 Å². The van der Waals surface area contributed by atoms with Crippen LogP contribution in [0.4, 0.5) is 10.1 Å². The standard InChI is InChI=1S/C12H8BrFN2O3/c13-7-1-2-10(8(14)4-7)19-11-9(15)3-6(5-16-11)12(17)18/h1-5H,15H2,(H,17,18). The summed E-state index contributed by atoms with van der Waals surface area (Å²) in [5, 5.41) is 8.76. The molecule has 0 radical (unpaired) electrons. The number of nitrogens with two attached hydrogens (primary N) is 1. The Kier molecular flexibility index (Phi) is 3.66. The van der Waals surface area contributed by atoms with Gasteiger partial charge in [0.05, 0.1) is 11.3 Å². The van der Waals surface area contributed by atoms with E-state index in [0.717, 1.165) is 6.20 Å². The summed E-state index contributed by atoms with van der Waals surface area (Å²) < 4.78 is 19.3. The van der Waals surface area contributed by atoms with Crippen molar-refractivity contribution in [1.29, 1.82) is 0 Å². The molecule has 1 aromatic heterocycles. The van der Waals surface area contributed by atoms with Crippen molar-refractivity contribution in [3.63, 3.8) is 0 Å². The van der Waals surface area contributed by atoms with Crippen molar-refractivity contribution in [1.82, 2.24) is 4.98 Å². The summed E-state index contributed by atoms with van der Waals surface area (Å²) in [6.07, 6.45) is 1.09. The summed E-state index contributed by atoms with van der Waals surface area (Å²) >= 11 is 3.12. The molecule has 7 heteroatoms. The number of aromatic nitrogens is 1. The van der Waals surface area contributed by atoms with Crippen LogP contribution in [0.5, 0.6) is 11.6 Å². The van der Waals surface area contributed by atoms with E-state index < -0.39 is 11.8 Å². The molecule has 0 unspecified atom stereocenters. The van der Waals surface area contributed by atoms with Crippen molar-refractivity contribution in [3.05, 3.63) is 46.3 Å². The zero-order chi connectivity index (χ0) is 14.0. The fourth-order valence-corrected chi connectivity index (χ4v) is 1.67. The molecule has 1 aromatic carbocycles. The molecule has 0 aliphatic carbocycles. The van der Waals surface area contributed by atoms with Gasteiger partial charge in [-0.2, -0.15) is 0 Å². The Morgan fingerprint density at radius 3 is 2.74 bits per heavy atom. The fourth-order valence-electron chi connectivity index (χ4n) is 1.33. The van der Waals surface area contributed by atoms with Crippen LogP contribution in [0, 0.1) is 5.82 Å². The van der Waals surface area contributed by atoms with Crippen molar-refractivity contribution >= 4 is 27.6 Å². The fraction of sp³-hybridized carbons (Fsp3) is 0. The number of carbonyl (C=O) groups is 1. The van der Waals surface area contributed by atoms with Crippen LogP contribution in [0.25, 0.3) is 0 Å². The lowest BCUT2D eigenvalue weighted by molar-refractivity contribution is 0.0696. The van der Waals surface area contributed by atoms with Crippen LogP contribution in [0.3, 0.4) is 0 Å². The normalized spacial score (nSPS) is 10.2. The molecular formula is C12H8BrFN2O3. The molecule has 0 bridgehead atoms. The molecule has 2 aromatic rings. The SMILES string of the molecule is Nc1cc(C(=O)O)cnc1Oc1ccc(Br)cc1F. The topological polar surface area (TPSA) is 85.4 Å². The van der Waals surface area contributed by atoms with Crippen LogP contribution in [0.1, 0.15) is 10.4 Å². The van der Waals surface area contributed by atoms with Crippen molar-refractivity contribution < 1.29 is 19.0 Å². The number of aromatic carboxylic acids is 1. The minimum atomic E-state index is -1.15. The summed E-state index contributed by atoms with van der Waals surface area (Å²) in [4.78, 5) is 14.5. The van der Waals surface area contributed by atoms with Gasteiger partial charge < -0.3 is 15.6 Å². The molecule has 0 fully saturated rings. The van der Waals surface area contributed by atoms with E-state index in [-0.39, 0.29) is 22.9 Å². The van der Waals surface area contributed by atoms with E-state index in [2.05, 4.69) is 20.9 Å². The van der Waals surface area contributed by atoms with Crippen LogP contribution >= 0.6 is 15.9 Å². The number of halogens is 2. The first-order chi connectivity index (χ1) is 8.97. The highest BCUT2D eigenvalue weighted by Crippen LogP contribution is 2.29. The minimum absolute atomic E-state index is 0.0159. The summed E-state index contributed by atoms with van der Waals surface area (Å²) in [6.45, 7) is 0. The van der Waals surface area contributed by atoms with Gasteiger partial charge in [0, 0.05) is 10.7 Å². The Morgan fingerprint density at radius 2 is 2.16 bits per heavy atom. The molecule has 2 rings (SSSR count). The monoisotopic (exact) mass is 326 g/mol. The van der Waals surface area contributed by atoms with Crippen LogP contribution < -0.4 is 10.5 Å². The Labute approximate surface area is 116 Å². The van der Waals surface area contributed by atoms with Gasteiger partial charge in [-0.3, -0.25) is 0 Å². The molecule has 1 heterocycles. The van der Waals surface area contributed by atoms with Gasteiger partial charge in [-0.1, -0.05) is 15.9 Å². The van der Waals surface area contributed by atoms with Gasteiger partial charge in [0.25, 0.3) is 0 Å². The number of nitrogen functional groups attached to an aromatic ring is 1.